The topological polar surface area (TPSA) is 35.6 Å². The van der Waals surface area contributed by atoms with Gasteiger partial charge in [-0.05, 0) is 64.7 Å². The summed E-state index contributed by atoms with van der Waals surface area (Å²) in [7, 11) is 0. The minimum absolute atomic E-state index is 0.951. The minimum atomic E-state index is 0.951. The van der Waals surface area contributed by atoms with Crippen LogP contribution in [-0.2, 0) is 13.1 Å². The average molecular weight is 523 g/mol. The van der Waals surface area contributed by atoms with Gasteiger partial charge in [0.25, 0.3) is 0 Å². The van der Waals surface area contributed by atoms with Crippen LogP contribution in [0.25, 0.3) is 66.4 Å². The summed E-state index contributed by atoms with van der Waals surface area (Å²) in [5.74, 6) is 2.06. The number of hydrogen-bond acceptors (Lipinski definition) is 2. The number of imidazole rings is 2. The van der Waals surface area contributed by atoms with Crippen molar-refractivity contribution in [1.29, 1.82) is 0 Å². The Morgan fingerprint density at radius 2 is 0.925 bits per heavy atom. The molecule has 0 spiro atoms. The van der Waals surface area contributed by atoms with Crippen molar-refractivity contribution in [2.45, 2.75) is 52.6 Å². The first-order valence-electron chi connectivity index (χ1n) is 14.6. The second-order valence-corrected chi connectivity index (χ2v) is 10.8. The maximum Gasteiger partial charge on any atom is 0.141 e. The molecule has 7 rings (SSSR count). The standard InChI is InChI=1S/C36H34N4/c1-3-5-18-39-33-23-27-14-9-7-12-25(27)21-31(33)37-35(39)29-16-11-17-30(20-29)36-38-32-22-26-13-8-10-15-28(26)24-34(32)40(36)19-6-4-2/h7-17,20-24H,3-6,18-19H2,1-2H3. The first kappa shape index (κ1) is 24.6. The van der Waals surface area contributed by atoms with Crippen LogP contribution in [0.3, 0.4) is 0 Å². The molecule has 0 saturated carbocycles. The number of hydrogen-bond donors (Lipinski definition) is 0. The second kappa shape index (κ2) is 10.3. The Hall–Kier alpha value is -4.44. The summed E-state index contributed by atoms with van der Waals surface area (Å²) >= 11 is 0. The zero-order chi connectivity index (χ0) is 27.1. The van der Waals surface area contributed by atoms with E-state index in [-0.39, 0.29) is 0 Å². The molecule has 0 saturated heterocycles. The normalized spacial score (nSPS) is 11.8. The smallest absolute Gasteiger partial charge is 0.141 e. The Labute approximate surface area is 234 Å². The average Bonchev–Trinajstić information content (AvgIpc) is 3.53. The second-order valence-electron chi connectivity index (χ2n) is 10.8. The van der Waals surface area contributed by atoms with Crippen LogP contribution in [0.15, 0.2) is 97.1 Å². The van der Waals surface area contributed by atoms with Gasteiger partial charge in [-0.15, -0.1) is 0 Å². The summed E-state index contributed by atoms with van der Waals surface area (Å²) < 4.78 is 4.83. The van der Waals surface area contributed by atoms with Gasteiger partial charge in [-0.2, -0.15) is 0 Å². The van der Waals surface area contributed by atoms with Crippen LogP contribution in [0, 0.1) is 0 Å². The van der Waals surface area contributed by atoms with Crippen molar-refractivity contribution in [1.82, 2.24) is 19.1 Å². The van der Waals surface area contributed by atoms with Crippen LogP contribution in [0.1, 0.15) is 39.5 Å². The molecule has 5 aromatic carbocycles. The summed E-state index contributed by atoms with van der Waals surface area (Å²) in [5, 5.41) is 4.97. The molecule has 40 heavy (non-hydrogen) atoms. The third-order valence-electron chi connectivity index (χ3n) is 8.08. The van der Waals surface area contributed by atoms with Gasteiger partial charge in [-0.3, -0.25) is 0 Å². The van der Waals surface area contributed by atoms with Crippen LogP contribution < -0.4 is 0 Å². The van der Waals surface area contributed by atoms with Gasteiger partial charge in [0.05, 0.1) is 22.1 Å². The SMILES string of the molecule is CCCCn1c(-c2cccc(-c3nc4cc5ccccc5cc4n3CCCC)c2)nc2cc3ccccc3cc21. The van der Waals surface area contributed by atoms with Crippen molar-refractivity contribution in [2.24, 2.45) is 0 Å². The van der Waals surface area contributed by atoms with Gasteiger partial charge in [0.1, 0.15) is 11.6 Å². The molecule has 0 N–H and O–H groups in total. The van der Waals surface area contributed by atoms with Crippen molar-refractivity contribution in [3.63, 3.8) is 0 Å². The molecule has 4 nitrogen and oxygen atoms in total. The van der Waals surface area contributed by atoms with E-state index in [9.17, 15) is 0 Å². The predicted octanol–water partition coefficient (Wildman–Crippen LogP) is 9.63. The van der Waals surface area contributed by atoms with Gasteiger partial charge in [0, 0.05) is 24.2 Å². The summed E-state index contributed by atoms with van der Waals surface area (Å²) in [4.78, 5) is 10.4. The maximum atomic E-state index is 5.21. The lowest BCUT2D eigenvalue weighted by atomic mass is 10.1. The molecule has 0 bridgehead atoms. The highest BCUT2D eigenvalue weighted by atomic mass is 15.1. The van der Waals surface area contributed by atoms with Crippen molar-refractivity contribution in [2.75, 3.05) is 0 Å². The van der Waals surface area contributed by atoms with E-state index in [1.165, 1.54) is 32.6 Å². The first-order chi connectivity index (χ1) is 19.7. The molecule has 0 aliphatic rings. The van der Waals surface area contributed by atoms with E-state index in [0.29, 0.717) is 0 Å². The first-order valence-corrected chi connectivity index (χ1v) is 14.6. The summed E-state index contributed by atoms with van der Waals surface area (Å²) in [6.07, 6.45) is 4.52. The van der Waals surface area contributed by atoms with Crippen LogP contribution in [0.5, 0.6) is 0 Å². The van der Waals surface area contributed by atoms with Crippen molar-refractivity contribution in [3.8, 4) is 22.8 Å². The third-order valence-corrected chi connectivity index (χ3v) is 8.08. The van der Waals surface area contributed by atoms with Crippen molar-refractivity contribution < 1.29 is 0 Å². The maximum absolute atomic E-state index is 5.21. The fourth-order valence-electron chi connectivity index (χ4n) is 5.94. The van der Waals surface area contributed by atoms with E-state index in [1.807, 2.05) is 0 Å². The van der Waals surface area contributed by atoms with Gasteiger partial charge < -0.3 is 9.13 Å². The van der Waals surface area contributed by atoms with E-state index in [2.05, 4.69) is 120 Å². The molecule has 0 fully saturated rings. The van der Waals surface area contributed by atoms with Gasteiger partial charge >= 0.3 is 0 Å². The molecule has 0 aliphatic carbocycles. The fraction of sp³-hybridized carbons (Fsp3) is 0.222. The van der Waals surface area contributed by atoms with E-state index in [4.69, 9.17) is 9.97 Å². The molecule has 0 aliphatic heterocycles. The predicted molar refractivity (Wildman–Crippen MR) is 169 cm³/mol. The molecule has 0 unspecified atom stereocenters. The molecule has 0 radical (unpaired) electrons. The zero-order valence-electron chi connectivity index (χ0n) is 23.3. The fourth-order valence-corrected chi connectivity index (χ4v) is 5.94. The Balaban J connectivity index is 1.40. The monoisotopic (exact) mass is 522 g/mol. The molecule has 7 aromatic rings. The Morgan fingerprint density at radius 3 is 1.35 bits per heavy atom. The van der Waals surface area contributed by atoms with Crippen molar-refractivity contribution >= 4 is 43.6 Å². The van der Waals surface area contributed by atoms with Crippen molar-refractivity contribution in [3.05, 3.63) is 97.1 Å². The number of aryl methyl sites for hydroxylation is 2. The minimum Gasteiger partial charge on any atom is -0.324 e. The molecular weight excluding hydrogens is 488 g/mol. The van der Waals surface area contributed by atoms with Gasteiger partial charge in [-0.25, -0.2) is 9.97 Å². The molecule has 0 atom stereocenters. The van der Waals surface area contributed by atoms with E-state index >= 15 is 0 Å². The Bertz CT molecular complexity index is 1850. The lowest BCUT2D eigenvalue weighted by Gasteiger charge is -2.12. The summed E-state index contributed by atoms with van der Waals surface area (Å²) in [6, 6.07) is 35.0. The number of fused-ring (bicyclic) bond motifs is 4. The molecular formula is C36H34N4. The summed E-state index contributed by atoms with van der Waals surface area (Å²) in [6.45, 7) is 6.40. The third kappa shape index (κ3) is 4.24. The highest BCUT2D eigenvalue weighted by molar-refractivity contribution is 5.98. The van der Waals surface area contributed by atoms with Gasteiger partial charge in [0.2, 0.25) is 0 Å². The van der Waals surface area contributed by atoms with Crippen LogP contribution >= 0.6 is 0 Å². The highest BCUT2D eigenvalue weighted by Gasteiger charge is 2.17. The number of nitrogens with zero attached hydrogens (tertiary/aromatic N) is 4. The molecule has 2 aromatic heterocycles. The van der Waals surface area contributed by atoms with Gasteiger partial charge in [-0.1, -0.05) is 93.4 Å². The van der Waals surface area contributed by atoms with Gasteiger partial charge in [0.15, 0.2) is 0 Å². The van der Waals surface area contributed by atoms with E-state index < -0.39 is 0 Å². The number of benzene rings is 5. The highest BCUT2D eigenvalue weighted by Crippen LogP contribution is 2.33. The van der Waals surface area contributed by atoms with E-state index in [1.54, 1.807) is 0 Å². The zero-order valence-corrected chi connectivity index (χ0v) is 23.3. The lowest BCUT2D eigenvalue weighted by molar-refractivity contribution is 0.650. The molecule has 2 heterocycles. The number of aromatic nitrogens is 4. The van der Waals surface area contributed by atoms with E-state index in [0.717, 1.165) is 72.6 Å². The van der Waals surface area contributed by atoms with Crippen LogP contribution in [0.2, 0.25) is 0 Å². The lowest BCUT2D eigenvalue weighted by Crippen LogP contribution is -2.02. The summed E-state index contributed by atoms with van der Waals surface area (Å²) in [5.41, 5.74) is 6.78. The quantitative estimate of drug-likeness (QED) is 0.199. The Kier molecular flexibility index (Phi) is 6.31. The van der Waals surface area contributed by atoms with Crippen LogP contribution in [-0.4, -0.2) is 19.1 Å². The number of unbranched alkanes of at least 4 members (excludes halogenated alkanes) is 2. The molecule has 4 heteroatoms. The van der Waals surface area contributed by atoms with Crippen LogP contribution in [0.4, 0.5) is 0 Å². The number of rotatable bonds is 8. The molecule has 0 amide bonds. The largest absolute Gasteiger partial charge is 0.324 e. The molecule has 198 valence electrons. The Morgan fingerprint density at radius 1 is 0.500 bits per heavy atom.